The molecule has 3 heteroatoms. The van der Waals surface area contributed by atoms with Gasteiger partial charge in [0.05, 0.1) is 0 Å². The van der Waals surface area contributed by atoms with Crippen LogP contribution in [0.4, 0.5) is 5.82 Å². The van der Waals surface area contributed by atoms with Gasteiger partial charge in [0.15, 0.2) is 0 Å². The maximum Gasteiger partial charge on any atom is 0.249 e. The summed E-state index contributed by atoms with van der Waals surface area (Å²) in [6.07, 6.45) is 3.74. The zero-order valence-corrected chi connectivity index (χ0v) is 6.84. The van der Waals surface area contributed by atoms with Crippen LogP contribution in [-0.4, -0.2) is 11.0 Å². The van der Waals surface area contributed by atoms with Crippen LogP contribution in [0.1, 0.15) is 19.3 Å². The van der Waals surface area contributed by atoms with Gasteiger partial charge in [-0.3, -0.25) is 4.79 Å². The van der Waals surface area contributed by atoms with E-state index in [1.54, 1.807) is 6.07 Å². The first-order valence-electron chi connectivity index (χ1n) is 4.30. The minimum atomic E-state index is -0.0423. The Morgan fingerprint density at radius 2 is 2.25 bits per heavy atom. The second-order valence-corrected chi connectivity index (χ2v) is 3.20. The standard InChI is InChI=1S/C9H12N2O/c12-9-6-2-5-8(11-9)10-7-3-1-4-7/h2,5-7H,1,3-4H2,(H2,10,11,12). The molecule has 1 aromatic rings. The van der Waals surface area contributed by atoms with Crippen LogP contribution in [0.15, 0.2) is 23.0 Å². The Morgan fingerprint density at radius 1 is 1.42 bits per heavy atom. The van der Waals surface area contributed by atoms with E-state index < -0.39 is 0 Å². The highest BCUT2D eigenvalue weighted by Gasteiger charge is 2.16. The van der Waals surface area contributed by atoms with E-state index in [4.69, 9.17) is 0 Å². The Labute approximate surface area is 70.8 Å². The van der Waals surface area contributed by atoms with Gasteiger partial charge in [0, 0.05) is 12.1 Å². The number of anilines is 1. The minimum absolute atomic E-state index is 0.0423. The number of pyridine rings is 1. The van der Waals surface area contributed by atoms with Gasteiger partial charge in [-0.1, -0.05) is 6.07 Å². The van der Waals surface area contributed by atoms with Crippen LogP contribution in [0.25, 0.3) is 0 Å². The molecule has 0 bridgehead atoms. The van der Waals surface area contributed by atoms with Gasteiger partial charge < -0.3 is 10.3 Å². The van der Waals surface area contributed by atoms with Crippen LogP contribution in [0.2, 0.25) is 0 Å². The van der Waals surface area contributed by atoms with E-state index >= 15 is 0 Å². The van der Waals surface area contributed by atoms with E-state index in [0.29, 0.717) is 6.04 Å². The number of aromatic amines is 1. The molecule has 0 unspecified atom stereocenters. The van der Waals surface area contributed by atoms with Gasteiger partial charge in [0.1, 0.15) is 5.82 Å². The van der Waals surface area contributed by atoms with Gasteiger partial charge in [-0.25, -0.2) is 0 Å². The van der Waals surface area contributed by atoms with E-state index in [2.05, 4.69) is 10.3 Å². The van der Waals surface area contributed by atoms with E-state index in [0.717, 1.165) is 5.82 Å². The maximum atomic E-state index is 10.9. The lowest BCUT2D eigenvalue weighted by atomic mass is 9.93. The van der Waals surface area contributed by atoms with Gasteiger partial charge in [0.25, 0.3) is 0 Å². The topological polar surface area (TPSA) is 44.9 Å². The number of hydrogen-bond donors (Lipinski definition) is 2. The van der Waals surface area contributed by atoms with Crippen molar-refractivity contribution in [3.63, 3.8) is 0 Å². The fourth-order valence-corrected chi connectivity index (χ4v) is 1.30. The van der Waals surface area contributed by atoms with Crippen molar-refractivity contribution in [3.8, 4) is 0 Å². The summed E-state index contributed by atoms with van der Waals surface area (Å²) in [6, 6.07) is 5.74. The van der Waals surface area contributed by atoms with Crippen molar-refractivity contribution >= 4 is 5.82 Å². The summed E-state index contributed by atoms with van der Waals surface area (Å²) in [4.78, 5) is 13.6. The Balaban J connectivity index is 2.06. The second kappa shape index (κ2) is 3.01. The molecule has 0 aromatic carbocycles. The molecule has 0 radical (unpaired) electrons. The zero-order valence-electron chi connectivity index (χ0n) is 6.84. The van der Waals surface area contributed by atoms with Crippen LogP contribution >= 0.6 is 0 Å². The van der Waals surface area contributed by atoms with Crippen molar-refractivity contribution in [2.75, 3.05) is 5.32 Å². The third kappa shape index (κ3) is 1.49. The first-order valence-corrected chi connectivity index (χ1v) is 4.30. The molecule has 2 N–H and O–H groups in total. The molecule has 0 atom stereocenters. The molecule has 12 heavy (non-hydrogen) atoms. The molecular formula is C9H12N2O. The third-order valence-electron chi connectivity index (χ3n) is 2.23. The molecule has 0 saturated heterocycles. The molecule has 1 aliphatic rings. The average Bonchev–Trinajstić information content (AvgIpc) is 1.97. The molecule has 0 aliphatic heterocycles. The maximum absolute atomic E-state index is 10.9. The summed E-state index contributed by atoms with van der Waals surface area (Å²) >= 11 is 0. The smallest absolute Gasteiger partial charge is 0.249 e. The monoisotopic (exact) mass is 164 g/mol. The molecule has 0 spiro atoms. The fourth-order valence-electron chi connectivity index (χ4n) is 1.30. The van der Waals surface area contributed by atoms with Crippen molar-refractivity contribution in [2.45, 2.75) is 25.3 Å². The highest BCUT2D eigenvalue weighted by atomic mass is 16.1. The van der Waals surface area contributed by atoms with E-state index in [9.17, 15) is 4.79 Å². The largest absolute Gasteiger partial charge is 0.369 e. The van der Waals surface area contributed by atoms with E-state index in [1.807, 2.05) is 6.07 Å². The van der Waals surface area contributed by atoms with Gasteiger partial charge in [-0.05, 0) is 25.3 Å². The molecule has 1 heterocycles. The van der Waals surface area contributed by atoms with Crippen molar-refractivity contribution in [3.05, 3.63) is 28.6 Å². The highest BCUT2D eigenvalue weighted by Crippen LogP contribution is 2.21. The van der Waals surface area contributed by atoms with Crippen molar-refractivity contribution in [2.24, 2.45) is 0 Å². The molecule has 1 saturated carbocycles. The summed E-state index contributed by atoms with van der Waals surface area (Å²) in [5.41, 5.74) is -0.0423. The van der Waals surface area contributed by atoms with Gasteiger partial charge in [-0.15, -0.1) is 0 Å². The number of aromatic nitrogens is 1. The van der Waals surface area contributed by atoms with Crippen LogP contribution in [-0.2, 0) is 0 Å². The highest BCUT2D eigenvalue weighted by molar-refractivity contribution is 5.34. The average molecular weight is 164 g/mol. The van der Waals surface area contributed by atoms with Crippen molar-refractivity contribution in [1.82, 2.24) is 4.98 Å². The predicted molar refractivity (Wildman–Crippen MR) is 48.3 cm³/mol. The number of nitrogens with one attached hydrogen (secondary N) is 2. The number of hydrogen-bond acceptors (Lipinski definition) is 2. The number of H-pyrrole nitrogens is 1. The Bertz CT molecular complexity index is 314. The Morgan fingerprint density at radius 3 is 2.83 bits per heavy atom. The summed E-state index contributed by atoms with van der Waals surface area (Å²) in [6.45, 7) is 0. The van der Waals surface area contributed by atoms with Crippen LogP contribution < -0.4 is 10.9 Å². The van der Waals surface area contributed by atoms with Gasteiger partial charge in [0.2, 0.25) is 5.56 Å². The third-order valence-corrected chi connectivity index (χ3v) is 2.23. The van der Waals surface area contributed by atoms with Gasteiger partial charge >= 0.3 is 0 Å². The summed E-state index contributed by atoms with van der Waals surface area (Å²) in [5.74, 6) is 0.840. The molecule has 3 nitrogen and oxygen atoms in total. The van der Waals surface area contributed by atoms with E-state index in [-0.39, 0.29) is 5.56 Å². The van der Waals surface area contributed by atoms with Gasteiger partial charge in [-0.2, -0.15) is 0 Å². The lowest BCUT2D eigenvalue weighted by Gasteiger charge is -2.26. The Kier molecular flexibility index (Phi) is 1.86. The summed E-state index contributed by atoms with van der Waals surface area (Å²) < 4.78 is 0. The molecule has 1 fully saturated rings. The number of rotatable bonds is 2. The fraction of sp³-hybridized carbons (Fsp3) is 0.444. The molecule has 2 rings (SSSR count). The summed E-state index contributed by atoms with van der Waals surface area (Å²) in [7, 11) is 0. The van der Waals surface area contributed by atoms with Crippen LogP contribution in [0, 0.1) is 0 Å². The molecule has 1 aromatic heterocycles. The predicted octanol–water partition coefficient (Wildman–Crippen LogP) is 1.34. The zero-order chi connectivity index (χ0) is 8.39. The van der Waals surface area contributed by atoms with Crippen molar-refractivity contribution in [1.29, 1.82) is 0 Å². The molecular weight excluding hydrogens is 152 g/mol. The quantitative estimate of drug-likeness (QED) is 0.692. The summed E-state index contributed by atoms with van der Waals surface area (Å²) in [5, 5.41) is 3.26. The normalized spacial score (nSPS) is 17.0. The second-order valence-electron chi connectivity index (χ2n) is 3.20. The molecule has 0 amide bonds. The first kappa shape index (κ1) is 7.40. The van der Waals surface area contributed by atoms with E-state index in [1.165, 1.54) is 25.3 Å². The van der Waals surface area contributed by atoms with Crippen LogP contribution in [0.3, 0.4) is 0 Å². The minimum Gasteiger partial charge on any atom is -0.369 e. The molecule has 64 valence electrons. The first-order chi connectivity index (χ1) is 5.84. The lowest BCUT2D eigenvalue weighted by Crippen LogP contribution is -2.28. The Hall–Kier alpha value is -1.25. The lowest BCUT2D eigenvalue weighted by molar-refractivity contribution is 0.444. The molecule has 1 aliphatic carbocycles. The van der Waals surface area contributed by atoms with Crippen LogP contribution in [0.5, 0.6) is 0 Å². The van der Waals surface area contributed by atoms with Crippen molar-refractivity contribution < 1.29 is 0 Å². The SMILES string of the molecule is O=c1cccc(NC2CCC2)[nH]1.